The maximum Gasteiger partial charge on any atom is 0.191 e. The molecule has 0 aliphatic rings. The highest BCUT2D eigenvalue weighted by atomic mass is 32.1. The van der Waals surface area contributed by atoms with E-state index in [0.717, 1.165) is 29.7 Å². The number of hydrogen-bond donors (Lipinski definition) is 2. The van der Waals surface area contributed by atoms with Crippen LogP contribution in [-0.4, -0.2) is 30.6 Å². The van der Waals surface area contributed by atoms with E-state index in [1.54, 1.807) is 17.4 Å². The minimum atomic E-state index is -0.813. The number of aliphatic imine (C=N–C) groups is 1. The second-order valence-corrected chi connectivity index (χ2v) is 6.32. The summed E-state index contributed by atoms with van der Waals surface area (Å²) in [6.45, 7) is 5.78. The van der Waals surface area contributed by atoms with E-state index < -0.39 is 11.6 Å². The quantitative estimate of drug-likeness (QED) is 0.595. The number of benzene rings is 1. The molecule has 0 aliphatic heterocycles. The van der Waals surface area contributed by atoms with Gasteiger partial charge in [-0.1, -0.05) is 12.1 Å². The van der Waals surface area contributed by atoms with Crippen LogP contribution in [0.15, 0.2) is 28.6 Å². The van der Waals surface area contributed by atoms with Crippen molar-refractivity contribution < 1.29 is 8.78 Å². The predicted molar refractivity (Wildman–Crippen MR) is 94.6 cm³/mol. The molecular weight excluding hydrogens is 330 g/mol. The van der Waals surface area contributed by atoms with Crippen molar-refractivity contribution in [2.24, 2.45) is 4.99 Å². The van der Waals surface area contributed by atoms with Crippen LogP contribution in [0.1, 0.15) is 23.2 Å². The van der Waals surface area contributed by atoms with Crippen LogP contribution in [0.3, 0.4) is 0 Å². The van der Waals surface area contributed by atoms with Crippen molar-refractivity contribution in [1.82, 2.24) is 15.6 Å². The zero-order valence-corrected chi connectivity index (χ0v) is 14.7. The summed E-state index contributed by atoms with van der Waals surface area (Å²) in [7, 11) is 0. The summed E-state index contributed by atoms with van der Waals surface area (Å²) in [6, 6.07) is 4.23. The lowest BCUT2D eigenvalue weighted by Gasteiger charge is -2.11. The van der Waals surface area contributed by atoms with E-state index in [4.69, 9.17) is 0 Å². The molecule has 1 aromatic carbocycles. The van der Waals surface area contributed by atoms with Gasteiger partial charge in [0, 0.05) is 31.4 Å². The molecule has 2 N–H and O–H groups in total. The molecule has 0 aliphatic carbocycles. The number of guanidine groups is 1. The van der Waals surface area contributed by atoms with Crippen molar-refractivity contribution in [3.05, 3.63) is 51.5 Å². The van der Waals surface area contributed by atoms with E-state index in [1.807, 2.05) is 19.2 Å². The topological polar surface area (TPSA) is 49.3 Å². The SMILES string of the molecule is CCNC(=NCCc1csc(C)n1)NCCc1cccc(F)c1F. The molecule has 4 nitrogen and oxygen atoms in total. The average Bonchev–Trinajstić information content (AvgIpc) is 2.97. The van der Waals surface area contributed by atoms with Crippen LogP contribution < -0.4 is 10.6 Å². The third kappa shape index (κ3) is 5.56. The van der Waals surface area contributed by atoms with Gasteiger partial charge in [-0.15, -0.1) is 11.3 Å². The molecule has 0 fully saturated rings. The van der Waals surface area contributed by atoms with Crippen LogP contribution in [0, 0.1) is 18.6 Å². The van der Waals surface area contributed by atoms with Crippen LogP contribution in [-0.2, 0) is 12.8 Å². The van der Waals surface area contributed by atoms with Crippen molar-refractivity contribution in [1.29, 1.82) is 0 Å². The summed E-state index contributed by atoms with van der Waals surface area (Å²) in [5, 5.41) is 9.37. The number of halogens is 2. The largest absolute Gasteiger partial charge is 0.357 e. The van der Waals surface area contributed by atoms with Gasteiger partial charge in [-0.05, 0) is 31.9 Å². The molecule has 2 rings (SSSR count). The van der Waals surface area contributed by atoms with E-state index in [0.29, 0.717) is 31.0 Å². The molecule has 2 aromatic rings. The molecular formula is C17H22F2N4S. The fourth-order valence-corrected chi connectivity index (χ4v) is 2.85. The molecule has 0 spiro atoms. The number of nitrogens with zero attached hydrogens (tertiary/aromatic N) is 2. The Labute approximate surface area is 145 Å². The normalized spacial score (nSPS) is 11.6. The zero-order valence-electron chi connectivity index (χ0n) is 13.9. The first kappa shape index (κ1) is 18.3. The lowest BCUT2D eigenvalue weighted by atomic mass is 10.1. The van der Waals surface area contributed by atoms with Gasteiger partial charge in [0.15, 0.2) is 17.6 Å². The monoisotopic (exact) mass is 352 g/mol. The highest BCUT2D eigenvalue weighted by molar-refractivity contribution is 7.09. The van der Waals surface area contributed by atoms with Crippen molar-refractivity contribution in [3.8, 4) is 0 Å². The highest BCUT2D eigenvalue weighted by Gasteiger charge is 2.07. The summed E-state index contributed by atoms with van der Waals surface area (Å²) < 4.78 is 26.8. The van der Waals surface area contributed by atoms with Crippen LogP contribution in [0.25, 0.3) is 0 Å². The summed E-state index contributed by atoms with van der Waals surface area (Å²) in [5.74, 6) is -0.923. The summed E-state index contributed by atoms with van der Waals surface area (Å²) in [4.78, 5) is 8.88. The maximum absolute atomic E-state index is 13.6. The van der Waals surface area contributed by atoms with Crippen LogP contribution in [0.2, 0.25) is 0 Å². The van der Waals surface area contributed by atoms with E-state index in [2.05, 4.69) is 20.6 Å². The standard InChI is InChI=1S/C17H22F2N4S/c1-3-20-17(22-10-8-14-11-24-12(2)23-14)21-9-7-13-5-4-6-15(18)16(13)19/h4-6,11H,3,7-10H2,1-2H3,(H2,20,21,22). The zero-order chi connectivity index (χ0) is 17.4. The Kier molecular flexibility index (Phi) is 7.11. The van der Waals surface area contributed by atoms with Gasteiger partial charge in [-0.25, -0.2) is 13.8 Å². The molecule has 0 radical (unpaired) electrons. The first-order chi connectivity index (χ1) is 11.6. The lowest BCUT2D eigenvalue weighted by molar-refractivity contribution is 0.498. The van der Waals surface area contributed by atoms with Crippen LogP contribution >= 0.6 is 11.3 Å². The van der Waals surface area contributed by atoms with Gasteiger partial charge in [0.1, 0.15) is 0 Å². The van der Waals surface area contributed by atoms with E-state index in [9.17, 15) is 8.78 Å². The Hall–Kier alpha value is -2.02. The number of rotatable bonds is 7. The fraction of sp³-hybridized carbons (Fsp3) is 0.412. The summed E-state index contributed by atoms with van der Waals surface area (Å²) in [6.07, 6.45) is 1.17. The Morgan fingerprint density at radius 2 is 2.08 bits per heavy atom. The molecule has 0 saturated heterocycles. The molecule has 24 heavy (non-hydrogen) atoms. The fourth-order valence-electron chi connectivity index (χ4n) is 2.20. The molecule has 1 heterocycles. The van der Waals surface area contributed by atoms with Gasteiger partial charge in [0.05, 0.1) is 10.7 Å². The van der Waals surface area contributed by atoms with Crippen molar-refractivity contribution >= 4 is 17.3 Å². The van der Waals surface area contributed by atoms with E-state index in [1.165, 1.54) is 6.07 Å². The number of thiazole rings is 1. The number of aryl methyl sites for hydroxylation is 1. The minimum Gasteiger partial charge on any atom is -0.357 e. The minimum absolute atomic E-state index is 0.358. The molecule has 0 saturated carbocycles. The summed E-state index contributed by atoms with van der Waals surface area (Å²) in [5.41, 5.74) is 1.40. The second-order valence-electron chi connectivity index (χ2n) is 5.26. The van der Waals surface area contributed by atoms with Gasteiger partial charge in [0.2, 0.25) is 0 Å². The highest BCUT2D eigenvalue weighted by Crippen LogP contribution is 2.11. The van der Waals surface area contributed by atoms with Crippen LogP contribution in [0.4, 0.5) is 8.78 Å². The maximum atomic E-state index is 13.6. The number of aromatic nitrogens is 1. The molecule has 7 heteroatoms. The van der Waals surface area contributed by atoms with Gasteiger partial charge in [-0.3, -0.25) is 4.99 Å². The first-order valence-electron chi connectivity index (χ1n) is 7.96. The molecule has 130 valence electrons. The Morgan fingerprint density at radius 3 is 2.79 bits per heavy atom. The second kappa shape index (κ2) is 9.32. The summed E-state index contributed by atoms with van der Waals surface area (Å²) >= 11 is 1.63. The van der Waals surface area contributed by atoms with Gasteiger partial charge in [-0.2, -0.15) is 0 Å². The first-order valence-corrected chi connectivity index (χ1v) is 8.84. The number of nitrogens with one attached hydrogen (secondary N) is 2. The third-order valence-electron chi connectivity index (χ3n) is 3.37. The number of hydrogen-bond acceptors (Lipinski definition) is 3. The van der Waals surface area contributed by atoms with Crippen molar-refractivity contribution in [2.75, 3.05) is 19.6 Å². The van der Waals surface area contributed by atoms with E-state index >= 15 is 0 Å². The molecule has 0 atom stereocenters. The lowest BCUT2D eigenvalue weighted by Crippen LogP contribution is -2.38. The van der Waals surface area contributed by atoms with Gasteiger partial charge in [0.25, 0.3) is 0 Å². The Balaban J connectivity index is 1.83. The van der Waals surface area contributed by atoms with Gasteiger partial charge < -0.3 is 10.6 Å². The average molecular weight is 352 g/mol. The predicted octanol–water partition coefficient (Wildman–Crippen LogP) is 3.07. The molecule has 0 bridgehead atoms. The van der Waals surface area contributed by atoms with Gasteiger partial charge >= 0.3 is 0 Å². The molecule has 0 amide bonds. The Morgan fingerprint density at radius 1 is 1.25 bits per heavy atom. The Bertz CT molecular complexity index is 685. The third-order valence-corrected chi connectivity index (χ3v) is 4.19. The molecule has 1 aromatic heterocycles. The molecule has 0 unspecified atom stereocenters. The van der Waals surface area contributed by atoms with Crippen molar-refractivity contribution in [2.45, 2.75) is 26.7 Å². The smallest absolute Gasteiger partial charge is 0.191 e. The van der Waals surface area contributed by atoms with Crippen molar-refractivity contribution in [3.63, 3.8) is 0 Å². The van der Waals surface area contributed by atoms with Crippen LogP contribution in [0.5, 0.6) is 0 Å². The van der Waals surface area contributed by atoms with E-state index in [-0.39, 0.29) is 0 Å².